The molecule has 1 aromatic rings. The van der Waals surface area contributed by atoms with E-state index in [9.17, 15) is 19.5 Å². The first-order valence-electron chi connectivity index (χ1n) is 8.40. The Kier molecular flexibility index (Phi) is 4.65. The first-order chi connectivity index (χ1) is 11.9. The summed E-state index contributed by atoms with van der Waals surface area (Å²) in [5.74, 6) is -1.34. The van der Waals surface area contributed by atoms with Gasteiger partial charge >= 0.3 is 5.97 Å². The third-order valence-electron chi connectivity index (χ3n) is 5.21. The lowest BCUT2D eigenvalue weighted by Crippen LogP contribution is -2.41. The largest absolute Gasteiger partial charge is 0.497 e. The molecular weight excluding hydrogens is 324 g/mol. The van der Waals surface area contributed by atoms with Crippen molar-refractivity contribution in [1.29, 1.82) is 0 Å². The molecule has 2 saturated heterocycles. The van der Waals surface area contributed by atoms with Crippen molar-refractivity contribution in [3.63, 3.8) is 0 Å². The van der Waals surface area contributed by atoms with Gasteiger partial charge in [-0.2, -0.15) is 0 Å². The highest BCUT2D eigenvalue weighted by Gasteiger charge is 2.43. The third kappa shape index (κ3) is 3.18. The highest BCUT2D eigenvalue weighted by molar-refractivity contribution is 6.00. The fourth-order valence-corrected chi connectivity index (χ4v) is 3.70. The Morgan fingerprint density at radius 3 is 2.48 bits per heavy atom. The van der Waals surface area contributed by atoms with Gasteiger partial charge in [-0.1, -0.05) is 0 Å². The van der Waals surface area contributed by atoms with Crippen molar-refractivity contribution < 1.29 is 24.2 Å². The first-order valence-corrected chi connectivity index (χ1v) is 8.40. The Balaban J connectivity index is 1.69. The SMILES string of the molecule is COc1ccc(N2CC(C(=O)N3CCC(C(=O)O)C3C)CC2=O)cc1. The number of hydrogen-bond donors (Lipinski definition) is 1. The molecule has 0 bridgehead atoms. The molecule has 0 aliphatic carbocycles. The van der Waals surface area contributed by atoms with Crippen molar-refractivity contribution in [2.75, 3.05) is 25.1 Å². The van der Waals surface area contributed by atoms with Crippen molar-refractivity contribution >= 4 is 23.5 Å². The van der Waals surface area contributed by atoms with Crippen molar-refractivity contribution in [3.05, 3.63) is 24.3 Å². The van der Waals surface area contributed by atoms with Gasteiger partial charge in [0.1, 0.15) is 5.75 Å². The molecule has 2 fully saturated rings. The maximum Gasteiger partial charge on any atom is 0.308 e. The van der Waals surface area contributed by atoms with Crippen LogP contribution in [0, 0.1) is 11.8 Å². The van der Waals surface area contributed by atoms with Crippen molar-refractivity contribution in [2.24, 2.45) is 11.8 Å². The van der Waals surface area contributed by atoms with Crippen LogP contribution in [0.25, 0.3) is 0 Å². The van der Waals surface area contributed by atoms with Crippen LogP contribution in [0.2, 0.25) is 0 Å². The highest BCUT2D eigenvalue weighted by atomic mass is 16.5. The van der Waals surface area contributed by atoms with E-state index in [0.29, 0.717) is 25.3 Å². The zero-order valence-electron chi connectivity index (χ0n) is 14.3. The standard InChI is InChI=1S/C18H22N2O5/c1-11-15(18(23)24)7-8-19(11)17(22)12-9-16(21)20(10-12)13-3-5-14(25-2)6-4-13/h3-6,11-12,15H,7-10H2,1-2H3,(H,23,24). The fourth-order valence-electron chi connectivity index (χ4n) is 3.70. The van der Waals surface area contributed by atoms with E-state index in [2.05, 4.69) is 0 Å². The normalized spacial score (nSPS) is 26.2. The predicted octanol–water partition coefficient (Wildman–Crippen LogP) is 1.37. The lowest BCUT2D eigenvalue weighted by molar-refractivity contribution is -0.143. The Morgan fingerprint density at radius 2 is 1.92 bits per heavy atom. The number of rotatable bonds is 4. The number of likely N-dealkylation sites (tertiary alicyclic amines) is 1. The minimum atomic E-state index is -0.870. The van der Waals surface area contributed by atoms with Crippen LogP contribution in [0.4, 0.5) is 5.69 Å². The van der Waals surface area contributed by atoms with Gasteiger partial charge in [0.15, 0.2) is 0 Å². The van der Waals surface area contributed by atoms with E-state index in [1.54, 1.807) is 48.1 Å². The van der Waals surface area contributed by atoms with E-state index in [1.165, 1.54) is 0 Å². The molecular formula is C18H22N2O5. The summed E-state index contributed by atoms with van der Waals surface area (Å²) in [5.41, 5.74) is 0.735. The van der Waals surface area contributed by atoms with Crippen molar-refractivity contribution in [3.8, 4) is 5.75 Å². The summed E-state index contributed by atoms with van der Waals surface area (Å²) < 4.78 is 5.11. The average Bonchev–Trinajstić information content (AvgIpc) is 3.17. The van der Waals surface area contributed by atoms with Crippen LogP contribution < -0.4 is 9.64 Å². The second kappa shape index (κ2) is 6.74. The Bertz CT molecular complexity index is 687. The number of ether oxygens (including phenoxy) is 1. The van der Waals surface area contributed by atoms with Gasteiger partial charge in [0.2, 0.25) is 11.8 Å². The highest BCUT2D eigenvalue weighted by Crippen LogP contribution is 2.31. The molecule has 3 unspecified atom stereocenters. The summed E-state index contributed by atoms with van der Waals surface area (Å²) in [6, 6.07) is 6.80. The number of nitrogens with zero attached hydrogens (tertiary/aromatic N) is 2. The average molecular weight is 346 g/mol. The molecule has 0 spiro atoms. The van der Waals surface area contributed by atoms with Gasteiger partial charge in [-0.05, 0) is 37.6 Å². The number of benzene rings is 1. The molecule has 0 radical (unpaired) electrons. The zero-order chi connectivity index (χ0) is 18.1. The van der Waals surface area contributed by atoms with Crippen LogP contribution >= 0.6 is 0 Å². The molecule has 1 N–H and O–H groups in total. The van der Waals surface area contributed by atoms with Gasteiger partial charge in [-0.15, -0.1) is 0 Å². The maximum atomic E-state index is 12.8. The summed E-state index contributed by atoms with van der Waals surface area (Å²) in [7, 11) is 1.58. The van der Waals surface area contributed by atoms with Gasteiger partial charge in [0, 0.05) is 31.2 Å². The number of carboxylic acids is 1. The molecule has 2 amide bonds. The van der Waals surface area contributed by atoms with E-state index < -0.39 is 17.8 Å². The monoisotopic (exact) mass is 346 g/mol. The van der Waals surface area contributed by atoms with Crippen molar-refractivity contribution in [1.82, 2.24) is 4.90 Å². The van der Waals surface area contributed by atoms with Crippen molar-refractivity contribution in [2.45, 2.75) is 25.8 Å². The molecule has 7 nitrogen and oxygen atoms in total. The molecule has 3 rings (SSSR count). The second-order valence-electron chi connectivity index (χ2n) is 6.61. The molecule has 0 aromatic heterocycles. The lowest BCUT2D eigenvalue weighted by atomic mass is 10.0. The molecule has 2 aliphatic rings. The van der Waals surface area contributed by atoms with Gasteiger partial charge in [-0.25, -0.2) is 0 Å². The Labute approximate surface area is 146 Å². The van der Waals surface area contributed by atoms with Crippen LogP contribution in [-0.4, -0.2) is 54.0 Å². The summed E-state index contributed by atoms with van der Waals surface area (Å²) in [4.78, 5) is 39.6. The van der Waals surface area contributed by atoms with Gasteiger partial charge in [-0.3, -0.25) is 14.4 Å². The second-order valence-corrected chi connectivity index (χ2v) is 6.61. The van der Waals surface area contributed by atoms with E-state index in [4.69, 9.17) is 4.74 Å². The quantitative estimate of drug-likeness (QED) is 0.890. The summed E-state index contributed by atoms with van der Waals surface area (Å²) in [6.07, 6.45) is 0.622. The summed E-state index contributed by atoms with van der Waals surface area (Å²) >= 11 is 0. The van der Waals surface area contributed by atoms with Crippen LogP contribution in [-0.2, 0) is 14.4 Å². The summed E-state index contributed by atoms with van der Waals surface area (Å²) in [6.45, 7) is 2.52. The molecule has 3 atom stereocenters. The summed E-state index contributed by atoms with van der Waals surface area (Å²) in [5, 5.41) is 9.21. The number of methoxy groups -OCH3 is 1. The van der Waals surface area contributed by atoms with Gasteiger partial charge in [0.25, 0.3) is 0 Å². The van der Waals surface area contributed by atoms with E-state index in [0.717, 1.165) is 5.69 Å². The number of aliphatic carboxylic acids is 1. The number of carbonyl (C=O) groups excluding carboxylic acids is 2. The zero-order valence-corrected chi connectivity index (χ0v) is 14.3. The molecule has 1 aromatic carbocycles. The maximum absolute atomic E-state index is 12.8. The smallest absolute Gasteiger partial charge is 0.308 e. The topological polar surface area (TPSA) is 87.2 Å². The Hall–Kier alpha value is -2.57. The minimum absolute atomic E-state index is 0.0925. The van der Waals surface area contributed by atoms with Crippen LogP contribution in [0.5, 0.6) is 5.75 Å². The van der Waals surface area contributed by atoms with E-state index >= 15 is 0 Å². The van der Waals surface area contributed by atoms with Crippen LogP contribution in [0.15, 0.2) is 24.3 Å². The van der Waals surface area contributed by atoms with Gasteiger partial charge in [0.05, 0.1) is 18.9 Å². The Morgan fingerprint density at radius 1 is 1.24 bits per heavy atom. The molecule has 2 aliphatic heterocycles. The van der Waals surface area contributed by atoms with E-state index in [-0.39, 0.29) is 24.3 Å². The number of anilines is 1. The van der Waals surface area contributed by atoms with Gasteiger partial charge < -0.3 is 19.6 Å². The molecule has 2 heterocycles. The molecule has 0 saturated carbocycles. The number of hydrogen-bond acceptors (Lipinski definition) is 4. The fraction of sp³-hybridized carbons (Fsp3) is 0.500. The molecule has 25 heavy (non-hydrogen) atoms. The van der Waals surface area contributed by atoms with Crippen LogP contribution in [0.3, 0.4) is 0 Å². The molecule has 134 valence electrons. The van der Waals surface area contributed by atoms with Crippen LogP contribution in [0.1, 0.15) is 19.8 Å². The lowest BCUT2D eigenvalue weighted by Gasteiger charge is -2.26. The number of carbonyl (C=O) groups is 3. The predicted molar refractivity (Wildman–Crippen MR) is 90.4 cm³/mol. The first kappa shape index (κ1) is 17.3. The minimum Gasteiger partial charge on any atom is -0.497 e. The number of carboxylic acid groups (broad SMARTS) is 1. The number of amides is 2. The van der Waals surface area contributed by atoms with E-state index in [1.807, 2.05) is 0 Å². The molecule has 7 heteroatoms. The third-order valence-corrected chi connectivity index (χ3v) is 5.21.